The second-order valence-electron chi connectivity index (χ2n) is 4.57. The van der Waals surface area contributed by atoms with Crippen LogP contribution in [0.3, 0.4) is 0 Å². The van der Waals surface area contributed by atoms with Crippen molar-refractivity contribution in [2.24, 2.45) is 11.8 Å². The average Bonchev–Trinajstić information content (AvgIpc) is 2.59. The molecule has 0 bridgehead atoms. The standard InChI is InChI=1S/C12H23NO/c1-10(2)6-7-13-8-11-4-3-5-12(11)9-14/h6,11-14H,3-5,7-9H2,1-2H3. The predicted molar refractivity (Wildman–Crippen MR) is 60.2 cm³/mol. The summed E-state index contributed by atoms with van der Waals surface area (Å²) in [5.41, 5.74) is 1.36. The van der Waals surface area contributed by atoms with Crippen molar-refractivity contribution in [1.82, 2.24) is 5.32 Å². The summed E-state index contributed by atoms with van der Waals surface area (Å²) in [5.74, 6) is 1.25. The normalized spacial score (nSPS) is 26.5. The van der Waals surface area contributed by atoms with E-state index in [9.17, 15) is 0 Å². The summed E-state index contributed by atoms with van der Waals surface area (Å²) in [7, 11) is 0. The van der Waals surface area contributed by atoms with E-state index in [-0.39, 0.29) is 0 Å². The Labute approximate surface area is 87.4 Å². The molecule has 0 saturated heterocycles. The highest BCUT2D eigenvalue weighted by Gasteiger charge is 2.25. The van der Waals surface area contributed by atoms with Gasteiger partial charge in [-0.05, 0) is 45.1 Å². The zero-order valence-electron chi connectivity index (χ0n) is 9.42. The Morgan fingerprint density at radius 2 is 2.07 bits per heavy atom. The van der Waals surface area contributed by atoms with Crippen LogP contribution in [0.5, 0.6) is 0 Å². The van der Waals surface area contributed by atoms with Gasteiger partial charge in [-0.2, -0.15) is 0 Å². The lowest BCUT2D eigenvalue weighted by Gasteiger charge is -2.17. The lowest BCUT2D eigenvalue weighted by atomic mass is 9.97. The van der Waals surface area contributed by atoms with Crippen LogP contribution in [0.15, 0.2) is 11.6 Å². The van der Waals surface area contributed by atoms with Crippen molar-refractivity contribution >= 4 is 0 Å². The van der Waals surface area contributed by atoms with Gasteiger partial charge in [-0.3, -0.25) is 0 Å². The number of hydrogen-bond donors (Lipinski definition) is 2. The highest BCUT2D eigenvalue weighted by molar-refractivity contribution is 4.94. The first kappa shape index (κ1) is 11.7. The van der Waals surface area contributed by atoms with Crippen LogP contribution in [-0.2, 0) is 0 Å². The van der Waals surface area contributed by atoms with Crippen LogP contribution in [0.4, 0.5) is 0 Å². The summed E-state index contributed by atoms with van der Waals surface area (Å²) in [6.45, 7) is 6.64. The minimum absolute atomic E-state index is 0.370. The van der Waals surface area contributed by atoms with Crippen molar-refractivity contribution in [1.29, 1.82) is 0 Å². The Balaban J connectivity index is 2.14. The quantitative estimate of drug-likeness (QED) is 0.521. The Morgan fingerprint density at radius 3 is 2.71 bits per heavy atom. The molecule has 2 unspecified atom stereocenters. The molecule has 2 atom stereocenters. The molecule has 0 aliphatic heterocycles. The molecule has 82 valence electrons. The van der Waals surface area contributed by atoms with Crippen molar-refractivity contribution in [3.05, 3.63) is 11.6 Å². The summed E-state index contributed by atoms with van der Waals surface area (Å²) in [4.78, 5) is 0. The van der Waals surface area contributed by atoms with Gasteiger partial charge < -0.3 is 10.4 Å². The van der Waals surface area contributed by atoms with Crippen LogP contribution >= 0.6 is 0 Å². The molecule has 0 radical (unpaired) electrons. The molecule has 0 aromatic heterocycles. The first-order valence-corrected chi connectivity index (χ1v) is 5.69. The number of nitrogens with one attached hydrogen (secondary N) is 1. The van der Waals surface area contributed by atoms with E-state index in [1.54, 1.807) is 0 Å². The largest absolute Gasteiger partial charge is 0.396 e. The molecular formula is C12H23NO. The van der Waals surface area contributed by atoms with Crippen LogP contribution < -0.4 is 5.32 Å². The lowest BCUT2D eigenvalue weighted by Crippen LogP contribution is -2.26. The van der Waals surface area contributed by atoms with E-state index < -0.39 is 0 Å². The summed E-state index contributed by atoms with van der Waals surface area (Å²) in [5, 5.41) is 12.6. The van der Waals surface area contributed by atoms with E-state index in [0.717, 1.165) is 13.1 Å². The van der Waals surface area contributed by atoms with Gasteiger partial charge in [0.05, 0.1) is 0 Å². The summed E-state index contributed by atoms with van der Waals surface area (Å²) < 4.78 is 0. The van der Waals surface area contributed by atoms with Crippen LogP contribution in [0, 0.1) is 11.8 Å². The fourth-order valence-electron chi connectivity index (χ4n) is 2.17. The maximum atomic E-state index is 9.14. The molecule has 0 spiro atoms. The molecule has 1 rings (SSSR count). The second-order valence-corrected chi connectivity index (χ2v) is 4.57. The summed E-state index contributed by atoms with van der Waals surface area (Å²) in [6.07, 6.45) is 6.00. The topological polar surface area (TPSA) is 32.3 Å². The fraction of sp³-hybridized carbons (Fsp3) is 0.833. The van der Waals surface area contributed by atoms with E-state index in [0.29, 0.717) is 18.4 Å². The average molecular weight is 197 g/mol. The zero-order chi connectivity index (χ0) is 10.4. The molecule has 1 saturated carbocycles. The van der Waals surface area contributed by atoms with E-state index in [1.165, 1.54) is 24.8 Å². The van der Waals surface area contributed by atoms with Crippen LogP contribution in [0.2, 0.25) is 0 Å². The lowest BCUT2D eigenvalue weighted by molar-refractivity contribution is 0.193. The van der Waals surface area contributed by atoms with Gasteiger partial charge in [-0.25, -0.2) is 0 Å². The molecule has 0 aromatic carbocycles. The van der Waals surface area contributed by atoms with Crippen molar-refractivity contribution in [3.8, 4) is 0 Å². The van der Waals surface area contributed by atoms with Gasteiger partial charge in [0.25, 0.3) is 0 Å². The summed E-state index contributed by atoms with van der Waals surface area (Å²) >= 11 is 0. The third-order valence-corrected chi connectivity index (χ3v) is 3.11. The Hall–Kier alpha value is -0.340. The third-order valence-electron chi connectivity index (χ3n) is 3.11. The zero-order valence-corrected chi connectivity index (χ0v) is 9.42. The number of allylic oxidation sites excluding steroid dienone is 1. The van der Waals surface area contributed by atoms with Crippen LogP contribution in [0.1, 0.15) is 33.1 Å². The van der Waals surface area contributed by atoms with Gasteiger partial charge in [0.1, 0.15) is 0 Å². The molecule has 1 aliphatic carbocycles. The molecule has 14 heavy (non-hydrogen) atoms. The maximum absolute atomic E-state index is 9.14. The highest BCUT2D eigenvalue weighted by Crippen LogP contribution is 2.30. The van der Waals surface area contributed by atoms with E-state index >= 15 is 0 Å². The van der Waals surface area contributed by atoms with Crippen molar-refractivity contribution < 1.29 is 5.11 Å². The SMILES string of the molecule is CC(C)=CCNCC1CCCC1CO. The molecule has 2 nitrogen and oxygen atoms in total. The van der Waals surface area contributed by atoms with Gasteiger partial charge in [-0.1, -0.05) is 18.1 Å². The van der Waals surface area contributed by atoms with E-state index in [4.69, 9.17) is 5.11 Å². The monoisotopic (exact) mass is 197 g/mol. The first-order chi connectivity index (χ1) is 6.74. The van der Waals surface area contributed by atoms with Crippen LogP contribution in [0.25, 0.3) is 0 Å². The number of aliphatic hydroxyl groups excluding tert-OH is 1. The minimum Gasteiger partial charge on any atom is -0.396 e. The van der Waals surface area contributed by atoms with Gasteiger partial charge in [0, 0.05) is 13.2 Å². The maximum Gasteiger partial charge on any atom is 0.0462 e. The smallest absolute Gasteiger partial charge is 0.0462 e. The Bertz CT molecular complexity index is 185. The highest BCUT2D eigenvalue weighted by atomic mass is 16.3. The number of hydrogen-bond acceptors (Lipinski definition) is 2. The predicted octanol–water partition coefficient (Wildman–Crippen LogP) is 1.95. The van der Waals surface area contributed by atoms with Crippen molar-refractivity contribution in [2.75, 3.05) is 19.7 Å². The van der Waals surface area contributed by atoms with Gasteiger partial charge in [-0.15, -0.1) is 0 Å². The first-order valence-electron chi connectivity index (χ1n) is 5.69. The molecule has 1 aliphatic rings. The summed E-state index contributed by atoms with van der Waals surface area (Å²) in [6, 6.07) is 0. The Kier molecular flexibility index (Phi) is 5.20. The number of aliphatic hydroxyl groups is 1. The van der Waals surface area contributed by atoms with Crippen molar-refractivity contribution in [2.45, 2.75) is 33.1 Å². The molecule has 1 fully saturated rings. The van der Waals surface area contributed by atoms with Gasteiger partial charge in [0.2, 0.25) is 0 Å². The van der Waals surface area contributed by atoms with E-state index in [1.807, 2.05) is 0 Å². The molecule has 2 N–H and O–H groups in total. The molecule has 0 heterocycles. The molecule has 2 heteroatoms. The molecule has 0 aromatic rings. The third kappa shape index (κ3) is 3.81. The molecular weight excluding hydrogens is 174 g/mol. The minimum atomic E-state index is 0.370. The van der Waals surface area contributed by atoms with Gasteiger partial charge >= 0.3 is 0 Å². The Morgan fingerprint density at radius 1 is 1.36 bits per heavy atom. The fourth-order valence-corrected chi connectivity index (χ4v) is 2.17. The van der Waals surface area contributed by atoms with E-state index in [2.05, 4.69) is 25.2 Å². The molecule has 0 amide bonds. The number of rotatable bonds is 5. The van der Waals surface area contributed by atoms with Gasteiger partial charge in [0.15, 0.2) is 0 Å². The van der Waals surface area contributed by atoms with Crippen molar-refractivity contribution in [3.63, 3.8) is 0 Å². The van der Waals surface area contributed by atoms with Crippen LogP contribution in [-0.4, -0.2) is 24.8 Å². The second kappa shape index (κ2) is 6.20.